The van der Waals surface area contributed by atoms with Gasteiger partial charge in [0.15, 0.2) is 5.82 Å². The van der Waals surface area contributed by atoms with Crippen LogP contribution in [-0.4, -0.2) is 23.3 Å². The van der Waals surface area contributed by atoms with Crippen LogP contribution < -0.4 is 5.73 Å². The molecule has 1 aromatic heterocycles. The normalized spacial score (nSPS) is 13.2. The van der Waals surface area contributed by atoms with E-state index in [4.69, 9.17) is 15.0 Å². The van der Waals surface area contributed by atoms with Crippen molar-refractivity contribution in [1.82, 2.24) is 10.1 Å². The van der Waals surface area contributed by atoms with E-state index < -0.39 is 0 Å². The Kier molecular flexibility index (Phi) is 6.90. The first-order chi connectivity index (χ1) is 8.65. The van der Waals surface area contributed by atoms with Gasteiger partial charge in [0.05, 0.1) is 0 Å². The first kappa shape index (κ1) is 15.1. The Morgan fingerprint density at radius 3 is 2.78 bits per heavy atom. The van der Waals surface area contributed by atoms with Crippen LogP contribution in [0, 0.1) is 11.8 Å². The second kappa shape index (κ2) is 8.21. The maximum Gasteiger partial charge on any atom is 0.227 e. The van der Waals surface area contributed by atoms with Gasteiger partial charge in [0.1, 0.15) is 6.61 Å². The molecule has 2 N–H and O–H groups in total. The number of hydrogen-bond donors (Lipinski definition) is 1. The van der Waals surface area contributed by atoms with Gasteiger partial charge in [-0.1, -0.05) is 25.9 Å². The number of aromatic nitrogens is 2. The summed E-state index contributed by atoms with van der Waals surface area (Å²) in [6.45, 7) is 8.26. The molecule has 0 aromatic carbocycles. The fraction of sp³-hybridized carbons (Fsp3) is 0.846. The SMILES string of the molecule is CCCOCc1noc(CC(CN)CC(C)C)n1. The van der Waals surface area contributed by atoms with E-state index in [1.165, 1.54) is 0 Å². The second-order valence-corrected chi connectivity index (χ2v) is 5.09. The quantitative estimate of drug-likeness (QED) is 0.684. The van der Waals surface area contributed by atoms with E-state index >= 15 is 0 Å². The van der Waals surface area contributed by atoms with Crippen LogP contribution in [-0.2, 0) is 17.8 Å². The molecule has 0 saturated heterocycles. The molecule has 0 aliphatic rings. The molecule has 18 heavy (non-hydrogen) atoms. The number of rotatable bonds is 9. The molecule has 1 unspecified atom stereocenters. The lowest BCUT2D eigenvalue weighted by Gasteiger charge is -2.14. The Bertz CT molecular complexity index is 326. The fourth-order valence-corrected chi connectivity index (χ4v) is 1.92. The Morgan fingerprint density at radius 1 is 1.39 bits per heavy atom. The zero-order valence-electron chi connectivity index (χ0n) is 11.7. The van der Waals surface area contributed by atoms with Crippen LogP contribution in [0.2, 0.25) is 0 Å². The Labute approximate surface area is 109 Å². The van der Waals surface area contributed by atoms with Gasteiger partial charge < -0.3 is 15.0 Å². The molecule has 0 amide bonds. The minimum Gasteiger partial charge on any atom is -0.373 e. The monoisotopic (exact) mass is 255 g/mol. The van der Waals surface area contributed by atoms with Gasteiger partial charge in [0.2, 0.25) is 5.89 Å². The Hall–Kier alpha value is -0.940. The van der Waals surface area contributed by atoms with Crippen LogP contribution in [0.4, 0.5) is 0 Å². The van der Waals surface area contributed by atoms with Crippen LogP contribution >= 0.6 is 0 Å². The summed E-state index contributed by atoms with van der Waals surface area (Å²) in [5, 5.41) is 3.90. The van der Waals surface area contributed by atoms with Gasteiger partial charge in [-0.25, -0.2) is 0 Å². The molecule has 5 nitrogen and oxygen atoms in total. The lowest BCUT2D eigenvalue weighted by atomic mass is 9.94. The summed E-state index contributed by atoms with van der Waals surface area (Å²) in [5.41, 5.74) is 5.76. The van der Waals surface area contributed by atoms with Gasteiger partial charge in [-0.05, 0) is 31.2 Å². The van der Waals surface area contributed by atoms with Gasteiger partial charge in [-0.3, -0.25) is 0 Å². The molecule has 5 heteroatoms. The summed E-state index contributed by atoms with van der Waals surface area (Å²) in [6, 6.07) is 0. The average molecular weight is 255 g/mol. The van der Waals surface area contributed by atoms with Crippen molar-refractivity contribution in [2.75, 3.05) is 13.2 Å². The predicted molar refractivity (Wildman–Crippen MR) is 69.9 cm³/mol. The number of nitrogens with zero attached hydrogens (tertiary/aromatic N) is 2. The van der Waals surface area contributed by atoms with Crippen LogP contribution in [0.5, 0.6) is 0 Å². The highest BCUT2D eigenvalue weighted by molar-refractivity contribution is 4.87. The minimum absolute atomic E-state index is 0.412. The summed E-state index contributed by atoms with van der Waals surface area (Å²) in [5.74, 6) is 2.34. The molecule has 104 valence electrons. The van der Waals surface area contributed by atoms with Crippen LogP contribution in [0.3, 0.4) is 0 Å². The molecule has 1 aromatic rings. The van der Waals surface area contributed by atoms with E-state index in [9.17, 15) is 0 Å². The van der Waals surface area contributed by atoms with E-state index in [0.29, 0.717) is 36.7 Å². The fourth-order valence-electron chi connectivity index (χ4n) is 1.92. The molecule has 0 radical (unpaired) electrons. The molecule has 0 bridgehead atoms. The van der Waals surface area contributed by atoms with Crippen molar-refractivity contribution < 1.29 is 9.26 Å². The van der Waals surface area contributed by atoms with Crippen molar-refractivity contribution in [1.29, 1.82) is 0 Å². The van der Waals surface area contributed by atoms with Crippen molar-refractivity contribution in [3.8, 4) is 0 Å². The highest BCUT2D eigenvalue weighted by Crippen LogP contribution is 2.15. The smallest absolute Gasteiger partial charge is 0.227 e. The molecule has 0 aliphatic heterocycles. The summed E-state index contributed by atoms with van der Waals surface area (Å²) in [7, 11) is 0. The standard InChI is InChI=1S/C13H25N3O2/c1-4-5-17-9-12-15-13(18-16-12)7-11(8-14)6-10(2)3/h10-11H,4-9,14H2,1-3H3. The van der Waals surface area contributed by atoms with Crippen molar-refractivity contribution in [2.24, 2.45) is 17.6 Å². The zero-order valence-corrected chi connectivity index (χ0v) is 11.7. The van der Waals surface area contributed by atoms with E-state index in [1.54, 1.807) is 0 Å². The van der Waals surface area contributed by atoms with Crippen LogP contribution in [0.15, 0.2) is 4.52 Å². The molecule has 0 saturated carbocycles. The maximum atomic E-state index is 5.76. The molecule has 0 spiro atoms. The third-order valence-corrected chi connectivity index (χ3v) is 2.69. The van der Waals surface area contributed by atoms with E-state index in [2.05, 4.69) is 30.9 Å². The van der Waals surface area contributed by atoms with E-state index in [0.717, 1.165) is 25.9 Å². The van der Waals surface area contributed by atoms with Gasteiger partial charge in [0, 0.05) is 13.0 Å². The minimum atomic E-state index is 0.412. The van der Waals surface area contributed by atoms with Gasteiger partial charge in [-0.2, -0.15) is 4.98 Å². The van der Waals surface area contributed by atoms with Crippen LogP contribution in [0.1, 0.15) is 45.3 Å². The first-order valence-corrected chi connectivity index (χ1v) is 6.75. The maximum absolute atomic E-state index is 5.76. The van der Waals surface area contributed by atoms with E-state index in [-0.39, 0.29) is 0 Å². The summed E-state index contributed by atoms with van der Waals surface area (Å²) in [4.78, 5) is 4.32. The third kappa shape index (κ3) is 5.60. The molecule has 0 aliphatic carbocycles. The largest absolute Gasteiger partial charge is 0.373 e. The molecule has 0 fully saturated rings. The molecule has 1 heterocycles. The van der Waals surface area contributed by atoms with Gasteiger partial charge in [0.25, 0.3) is 0 Å². The molecule has 1 rings (SSSR count). The van der Waals surface area contributed by atoms with Gasteiger partial charge in [-0.15, -0.1) is 0 Å². The molecular weight excluding hydrogens is 230 g/mol. The lowest BCUT2D eigenvalue weighted by molar-refractivity contribution is 0.114. The van der Waals surface area contributed by atoms with E-state index in [1.807, 2.05) is 0 Å². The van der Waals surface area contributed by atoms with Crippen molar-refractivity contribution >= 4 is 0 Å². The highest BCUT2D eigenvalue weighted by Gasteiger charge is 2.14. The summed E-state index contributed by atoms with van der Waals surface area (Å²) < 4.78 is 10.6. The number of hydrogen-bond acceptors (Lipinski definition) is 5. The van der Waals surface area contributed by atoms with Gasteiger partial charge >= 0.3 is 0 Å². The number of ether oxygens (including phenoxy) is 1. The Morgan fingerprint density at radius 2 is 2.17 bits per heavy atom. The Balaban J connectivity index is 2.41. The number of nitrogens with two attached hydrogens (primary N) is 1. The van der Waals surface area contributed by atoms with Crippen LogP contribution in [0.25, 0.3) is 0 Å². The molecule has 1 atom stereocenters. The molecular formula is C13H25N3O2. The highest BCUT2D eigenvalue weighted by atomic mass is 16.5. The van der Waals surface area contributed by atoms with Crippen molar-refractivity contribution in [3.63, 3.8) is 0 Å². The second-order valence-electron chi connectivity index (χ2n) is 5.09. The summed E-state index contributed by atoms with van der Waals surface area (Å²) in [6.07, 6.45) is 2.84. The first-order valence-electron chi connectivity index (χ1n) is 6.75. The predicted octanol–water partition coefficient (Wildman–Crippen LogP) is 2.16. The average Bonchev–Trinajstić information content (AvgIpc) is 2.76. The van der Waals surface area contributed by atoms with Crippen molar-refractivity contribution in [3.05, 3.63) is 11.7 Å². The van der Waals surface area contributed by atoms with Crippen molar-refractivity contribution in [2.45, 2.75) is 46.6 Å². The topological polar surface area (TPSA) is 74.2 Å². The zero-order chi connectivity index (χ0) is 13.4. The summed E-state index contributed by atoms with van der Waals surface area (Å²) >= 11 is 0. The lowest BCUT2D eigenvalue weighted by Crippen LogP contribution is -2.19. The third-order valence-electron chi connectivity index (χ3n) is 2.69.